The molecule has 1 saturated carbocycles. The second-order valence-electron chi connectivity index (χ2n) is 7.91. The summed E-state index contributed by atoms with van der Waals surface area (Å²) in [7, 11) is 0. The summed E-state index contributed by atoms with van der Waals surface area (Å²) in [5.41, 5.74) is 1.85. The van der Waals surface area contributed by atoms with Gasteiger partial charge in [0.2, 0.25) is 5.91 Å². The van der Waals surface area contributed by atoms with Crippen LogP contribution < -0.4 is 15.4 Å². The van der Waals surface area contributed by atoms with Gasteiger partial charge in [-0.2, -0.15) is 0 Å². The number of carbonyl (C=O) groups excluding carboxylic acids is 2. The Labute approximate surface area is 179 Å². The number of benzene rings is 2. The molecule has 0 aromatic heterocycles. The van der Waals surface area contributed by atoms with Gasteiger partial charge in [0.1, 0.15) is 5.75 Å². The van der Waals surface area contributed by atoms with Crippen molar-refractivity contribution in [2.75, 3.05) is 17.2 Å². The van der Waals surface area contributed by atoms with Crippen LogP contribution in [-0.2, 0) is 4.79 Å². The third-order valence-electron chi connectivity index (χ3n) is 5.50. The summed E-state index contributed by atoms with van der Waals surface area (Å²) in [5, 5.41) is 5.92. The molecule has 1 fully saturated rings. The van der Waals surface area contributed by atoms with E-state index in [2.05, 4.69) is 17.6 Å². The molecular formula is C25H32N2O3. The van der Waals surface area contributed by atoms with Gasteiger partial charge in [-0.3, -0.25) is 9.59 Å². The molecule has 0 radical (unpaired) electrons. The van der Waals surface area contributed by atoms with Gasteiger partial charge in [0.15, 0.2) is 0 Å². The molecule has 2 N–H and O–H groups in total. The van der Waals surface area contributed by atoms with E-state index in [0.717, 1.165) is 44.9 Å². The molecule has 1 aliphatic carbocycles. The van der Waals surface area contributed by atoms with Gasteiger partial charge in [0.25, 0.3) is 5.91 Å². The van der Waals surface area contributed by atoms with Crippen LogP contribution in [-0.4, -0.2) is 18.4 Å². The molecule has 0 bridgehead atoms. The molecule has 0 atom stereocenters. The highest BCUT2D eigenvalue weighted by molar-refractivity contribution is 6.06. The molecule has 30 heavy (non-hydrogen) atoms. The highest BCUT2D eigenvalue weighted by Crippen LogP contribution is 2.26. The van der Waals surface area contributed by atoms with Crippen molar-refractivity contribution in [3.05, 3.63) is 54.1 Å². The molecular weight excluding hydrogens is 376 g/mol. The molecule has 5 nitrogen and oxygen atoms in total. The first-order chi connectivity index (χ1) is 14.7. The summed E-state index contributed by atoms with van der Waals surface area (Å²) in [6.07, 6.45) is 8.56. The van der Waals surface area contributed by atoms with Crippen molar-refractivity contribution in [2.24, 2.45) is 5.92 Å². The fourth-order valence-electron chi connectivity index (χ4n) is 3.80. The van der Waals surface area contributed by atoms with Crippen LogP contribution in [0.5, 0.6) is 5.75 Å². The molecule has 160 valence electrons. The molecule has 0 saturated heterocycles. The fraction of sp³-hybridized carbons (Fsp3) is 0.440. The topological polar surface area (TPSA) is 67.4 Å². The second kappa shape index (κ2) is 11.4. The van der Waals surface area contributed by atoms with Crippen molar-refractivity contribution in [3.8, 4) is 5.75 Å². The van der Waals surface area contributed by atoms with Gasteiger partial charge in [-0.05, 0) is 49.6 Å². The first-order valence-electron chi connectivity index (χ1n) is 11.1. The number of rotatable bonds is 9. The zero-order chi connectivity index (χ0) is 21.2. The Bertz CT molecular complexity index is 844. The Morgan fingerprint density at radius 2 is 1.67 bits per heavy atom. The van der Waals surface area contributed by atoms with Crippen molar-refractivity contribution < 1.29 is 14.3 Å². The van der Waals surface area contributed by atoms with Crippen LogP contribution in [0.1, 0.15) is 68.6 Å². The van der Waals surface area contributed by atoms with Crippen LogP contribution in [0.3, 0.4) is 0 Å². The Hall–Kier alpha value is -2.82. The number of anilines is 2. The minimum atomic E-state index is -0.225. The Balaban J connectivity index is 1.62. The average Bonchev–Trinajstić information content (AvgIpc) is 2.78. The Morgan fingerprint density at radius 3 is 2.43 bits per heavy atom. The molecule has 0 spiro atoms. The van der Waals surface area contributed by atoms with Gasteiger partial charge in [-0.15, -0.1) is 0 Å². The molecule has 5 heteroatoms. The number of ether oxygens (including phenoxy) is 1. The van der Waals surface area contributed by atoms with Crippen LogP contribution in [0.2, 0.25) is 0 Å². The third kappa shape index (κ3) is 6.34. The van der Waals surface area contributed by atoms with Gasteiger partial charge >= 0.3 is 0 Å². The van der Waals surface area contributed by atoms with Gasteiger partial charge < -0.3 is 15.4 Å². The summed E-state index contributed by atoms with van der Waals surface area (Å²) < 4.78 is 5.82. The maximum absolute atomic E-state index is 12.8. The lowest BCUT2D eigenvalue weighted by atomic mass is 9.88. The van der Waals surface area contributed by atoms with E-state index in [1.165, 1.54) is 6.42 Å². The van der Waals surface area contributed by atoms with Gasteiger partial charge in [0.05, 0.1) is 12.2 Å². The van der Waals surface area contributed by atoms with E-state index in [1.54, 1.807) is 12.1 Å². The van der Waals surface area contributed by atoms with E-state index in [0.29, 0.717) is 29.3 Å². The maximum Gasteiger partial charge on any atom is 0.259 e. The van der Waals surface area contributed by atoms with Crippen molar-refractivity contribution in [1.82, 2.24) is 0 Å². The van der Waals surface area contributed by atoms with Crippen LogP contribution in [0.4, 0.5) is 11.4 Å². The number of para-hydroxylation sites is 1. The van der Waals surface area contributed by atoms with Crippen molar-refractivity contribution in [1.29, 1.82) is 0 Å². The lowest BCUT2D eigenvalue weighted by Crippen LogP contribution is -2.24. The van der Waals surface area contributed by atoms with Crippen LogP contribution in [0.25, 0.3) is 0 Å². The fourth-order valence-corrected chi connectivity index (χ4v) is 3.80. The normalized spacial score (nSPS) is 14.2. The van der Waals surface area contributed by atoms with E-state index in [4.69, 9.17) is 4.74 Å². The number of amides is 2. The Morgan fingerprint density at radius 1 is 0.933 bits per heavy atom. The van der Waals surface area contributed by atoms with Crippen LogP contribution >= 0.6 is 0 Å². The average molecular weight is 409 g/mol. The van der Waals surface area contributed by atoms with Crippen molar-refractivity contribution >= 4 is 23.2 Å². The standard InChI is InChI=1S/C25H32N2O3/c1-2-3-9-17-30-23-16-8-7-15-22(23)25(29)27-21-14-10-13-20(18-21)26-24(28)19-11-5-4-6-12-19/h7-8,10,13-16,18-19H,2-6,9,11-12,17H2,1H3,(H,26,28)(H,27,29). The molecule has 1 aliphatic rings. The maximum atomic E-state index is 12.8. The molecule has 3 rings (SSSR count). The molecule has 2 aromatic rings. The summed E-state index contributed by atoms with van der Waals surface area (Å²) in [6, 6.07) is 14.6. The number of nitrogens with one attached hydrogen (secondary N) is 2. The zero-order valence-electron chi connectivity index (χ0n) is 17.8. The number of carbonyl (C=O) groups is 2. The van der Waals surface area contributed by atoms with Gasteiger partial charge in [0, 0.05) is 17.3 Å². The number of hydrogen-bond donors (Lipinski definition) is 2. The third-order valence-corrected chi connectivity index (χ3v) is 5.50. The number of unbranched alkanes of at least 4 members (excludes halogenated alkanes) is 2. The minimum absolute atomic E-state index is 0.0731. The highest BCUT2D eigenvalue weighted by Gasteiger charge is 2.21. The van der Waals surface area contributed by atoms with E-state index in [-0.39, 0.29) is 17.7 Å². The van der Waals surface area contributed by atoms with Gasteiger partial charge in [-0.1, -0.05) is 57.2 Å². The molecule has 0 aliphatic heterocycles. The lowest BCUT2D eigenvalue weighted by Gasteiger charge is -2.21. The zero-order valence-corrected chi connectivity index (χ0v) is 17.8. The smallest absolute Gasteiger partial charge is 0.259 e. The lowest BCUT2D eigenvalue weighted by molar-refractivity contribution is -0.120. The summed E-state index contributed by atoms with van der Waals surface area (Å²) in [4.78, 5) is 25.3. The van der Waals surface area contributed by atoms with Crippen molar-refractivity contribution in [3.63, 3.8) is 0 Å². The monoisotopic (exact) mass is 408 g/mol. The highest BCUT2D eigenvalue weighted by atomic mass is 16.5. The molecule has 2 amide bonds. The molecule has 2 aromatic carbocycles. The molecule has 0 unspecified atom stereocenters. The van der Waals surface area contributed by atoms with E-state index >= 15 is 0 Å². The second-order valence-corrected chi connectivity index (χ2v) is 7.91. The summed E-state index contributed by atoms with van der Waals surface area (Å²) >= 11 is 0. The Kier molecular flexibility index (Phi) is 8.30. The predicted octanol–water partition coefficient (Wildman–Crippen LogP) is 6.03. The largest absolute Gasteiger partial charge is 0.493 e. The summed E-state index contributed by atoms with van der Waals surface area (Å²) in [6.45, 7) is 2.74. The van der Waals surface area contributed by atoms with E-state index in [9.17, 15) is 9.59 Å². The minimum Gasteiger partial charge on any atom is -0.493 e. The predicted molar refractivity (Wildman–Crippen MR) is 121 cm³/mol. The van der Waals surface area contributed by atoms with Crippen LogP contribution in [0, 0.1) is 5.92 Å². The first-order valence-corrected chi connectivity index (χ1v) is 11.1. The summed E-state index contributed by atoms with van der Waals surface area (Å²) in [5.74, 6) is 0.530. The first kappa shape index (κ1) is 21.9. The molecule has 0 heterocycles. The van der Waals surface area contributed by atoms with Gasteiger partial charge in [-0.25, -0.2) is 0 Å². The van der Waals surface area contributed by atoms with E-state index < -0.39 is 0 Å². The SMILES string of the molecule is CCCCCOc1ccccc1C(=O)Nc1cccc(NC(=O)C2CCCCC2)c1. The van der Waals surface area contributed by atoms with Crippen LogP contribution in [0.15, 0.2) is 48.5 Å². The van der Waals surface area contributed by atoms with Crippen molar-refractivity contribution in [2.45, 2.75) is 58.3 Å². The number of hydrogen-bond acceptors (Lipinski definition) is 3. The van der Waals surface area contributed by atoms with E-state index in [1.807, 2.05) is 36.4 Å². The quantitative estimate of drug-likeness (QED) is 0.498.